The summed E-state index contributed by atoms with van der Waals surface area (Å²) in [7, 11) is 1.54. The number of anilines is 1. The summed E-state index contributed by atoms with van der Waals surface area (Å²) < 4.78 is 46.1. The van der Waals surface area contributed by atoms with Gasteiger partial charge in [0.1, 0.15) is 17.6 Å². The number of hydrogen-bond acceptors (Lipinski definition) is 9. The number of rotatable bonds is 12. The Morgan fingerprint density at radius 3 is 2.60 bits per heavy atom. The minimum Gasteiger partial charge on any atom is -0.493 e. The second-order valence-electron chi connectivity index (χ2n) is 11.9. The van der Waals surface area contributed by atoms with Gasteiger partial charge in [-0.05, 0) is 56.0 Å². The molecule has 3 aliphatic rings. The molecule has 3 aromatic rings. The van der Waals surface area contributed by atoms with E-state index >= 15 is 4.39 Å². The van der Waals surface area contributed by atoms with Crippen LogP contribution in [0.2, 0.25) is 0 Å². The number of carbonyl (C=O) groups is 2. The average molecular weight is 649 g/mol. The van der Waals surface area contributed by atoms with Gasteiger partial charge in [-0.25, -0.2) is 18.7 Å². The quantitative estimate of drug-likeness (QED) is 0.190. The number of benzene rings is 2. The van der Waals surface area contributed by atoms with Crippen molar-refractivity contribution in [1.82, 2.24) is 25.5 Å². The fourth-order valence-corrected chi connectivity index (χ4v) is 5.91. The third-order valence-corrected chi connectivity index (χ3v) is 8.81. The summed E-state index contributed by atoms with van der Waals surface area (Å²) in [6.45, 7) is 5.50. The van der Waals surface area contributed by atoms with E-state index in [1.165, 1.54) is 37.7 Å². The predicted octanol–water partition coefficient (Wildman–Crippen LogP) is 4.65. The van der Waals surface area contributed by atoms with E-state index in [0.717, 1.165) is 45.2 Å². The second-order valence-corrected chi connectivity index (χ2v) is 11.9. The van der Waals surface area contributed by atoms with E-state index in [4.69, 9.17) is 14.2 Å². The smallest absolute Gasteiger partial charge is 0.240 e. The third kappa shape index (κ3) is 7.36. The van der Waals surface area contributed by atoms with Gasteiger partial charge in [0.25, 0.3) is 0 Å². The number of nitrogens with zero attached hydrogens (tertiary/aromatic N) is 3. The molecule has 11 nitrogen and oxygen atoms in total. The summed E-state index contributed by atoms with van der Waals surface area (Å²) in [4.78, 5) is 37.3. The summed E-state index contributed by atoms with van der Waals surface area (Å²) in [5.74, 6) is -1.04. The lowest BCUT2D eigenvalue weighted by Gasteiger charge is -2.39. The highest BCUT2D eigenvalue weighted by Crippen LogP contribution is 2.43. The molecule has 1 aromatic heterocycles. The van der Waals surface area contributed by atoms with E-state index in [2.05, 4.69) is 30.8 Å². The van der Waals surface area contributed by atoms with Gasteiger partial charge in [0, 0.05) is 50.5 Å². The highest BCUT2D eigenvalue weighted by Gasteiger charge is 2.51. The summed E-state index contributed by atoms with van der Waals surface area (Å²) in [5, 5.41) is 9.36. The molecular formula is C34H38F2N6O5. The Labute approximate surface area is 271 Å². The number of nitrogens with one attached hydrogen (secondary N) is 3. The Balaban J connectivity index is 1.10. The van der Waals surface area contributed by atoms with Crippen LogP contribution in [0.4, 0.5) is 14.5 Å². The van der Waals surface area contributed by atoms with Crippen molar-refractivity contribution in [3.63, 3.8) is 0 Å². The van der Waals surface area contributed by atoms with Gasteiger partial charge in [0.15, 0.2) is 23.1 Å². The Morgan fingerprint density at radius 1 is 1.06 bits per heavy atom. The maximum absolute atomic E-state index is 15.3. The molecule has 1 saturated carbocycles. The topological polar surface area (TPSA) is 127 Å². The molecule has 2 heterocycles. The number of hydrogen-bond donors (Lipinski definition) is 3. The molecule has 0 bridgehead atoms. The van der Waals surface area contributed by atoms with Crippen LogP contribution in [-0.2, 0) is 9.59 Å². The standard InChI is InChI=1S/C34H38F2N6O5/c1-45-29-19-25-27(20-30(29)46-17-3-14-42-15-12-37-13-16-42)38-21-39-31(25)47-28-9-8-24(18-26(28)36)41-33(44)34(10-2-11-34)32(43)40-23-6-4-22(35)5-7-23/h4-6,8-9,18-21,23,37H,2-3,7,10-17H2,1H3,(H,40,43)(H,41,44). The van der Waals surface area contributed by atoms with Gasteiger partial charge >= 0.3 is 0 Å². The Morgan fingerprint density at radius 2 is 1.89 bits per heavy atom. The molecule has 2 aliphatic carbocycles. The molecular weight excluding hydrogens is 610 g/mol. The molecule has 3 N–H and O–H groups in total. The van der Waals surface area contributed by atoms with Crippen LogP contribution in [0.3, 0.4) is 0 Å². The minimum absolute atomic E-state index is 0.115. The Bertz CT molecular complexity index is 1690. The van der Waals surface area contributed by atoms with E-state index in [0.29, 0.717) is 54.7 Å². The fraction of sp³-hybridized carbons (Fsp3) is 0.412. The zero-order valence-electron chi connectivity index (χ0n) is 26.2. The van der Waals surface area contributed by atoms with Gasteiger partial charge in [-0.3, -0.25) is 9.59 Å². The van der Waals surface area contributed by atoms with Gasteiger partial charge in [0.05, 0.1) is 30.7 Å². The minimum atomic E-state index is -1.27. The maximum atomic E-state index is 15.3. The van der Waals surface area contributed by atoms with Crippen molar-refractivity contribution in [3.8, 4) is 23.1 Å². The van der Waals surface area contributed by atoms with Crippen molar-refractivity contribution in [2.24, 2.45) is 5.41 Å². The van der Waals surface area contributed by atoms with Crippen molar-refractivity contribution >= 4 is 28.4 Å². The summed E-state index contributed by atoms with van der Waals surface area (Å²) in [6.07, 6.45) is 8.16. The molecule has 0 spiro atoms. The molecule has 248 valence electrons. The largest absolute Gasteiger partial charge is 0.493 e. The molecule has 0 radical (unpaired) electrons. The first-order valence-corrected chi connectivity index (χ1v) is 15.9. The van der Waals surface area contributed by atoms with Crippen LogP contribution in [-0.4, -0.2) is 79.2 Å². The van der Waals surface area contributed by atoms with Crippen molar-refractivity contribution in [2.45, 2.75) is 38.1 Å². The van der Waals surface area contributed by atoms with E-state index in [-0.39, 0.29) is 23.1 Å². The van der Waals surface area contributed by atoms with Gasteiger partial charge < -0.3 is 35.1 Å². The third-order valence-electron chi connectivity index (χ3n) is 8.81. The highest BCUT2D eigenvalue weighted by molar-refractivity contribution is 6.11. The van der Waals surface area contributed by atoms with Gasteiger partial charge in [-0.2, -0.15) is 0 Å². The first-order valence-electron chi connectivity index (χ1n) is 15.9. The van der Waals surface area contributed by atoms with Crippen LogP contribution < -0.4 is 30.2 Å². The van der Waals surface area contributed by atoms with Crippen LogP contribution in [0.25, 0.3) is 10.9 Å². The van der Waals surface area contributed by atoms with Crippen molar-refractivity contribution < 1.29 is 32.6 Å². The van der Waals surface area contributed by atoms with E-state index < -0.39 is 29.1 Å². The normalized spacial score (nSPS) is 19.0. The molecule has 2 amide bonds. The summed E-state index contributed by atoms with van der Waals surface area (Å²) in [5.41, 5.74) is -0.563. The molecule has 1 aliphatic heterocycles. The number of allylic oxidation sites excluding steroid dienone is 2. The molecule has 1 unspecified atom stereocenters. The monoisotopic (exact) mass is 648 g/mol. The molecule has 13 heteroatoms. The van der Waals surface area contributed by atoms with Gasteiger partial charge in [0.2, 0.25) is 17.7 Å². The number of amides is 2. The maximum Gasteiger partial charge on any atom is 0.240 e. The number of methoxy groups -OCH3 is 1. The lowest BCUT2D eigenvalue weighted by molar-refractivity contribution is -0.146. The number of ether oxygens (including phenoxy) is 3. The molecule has 2 aromatic carbocycles. The number of fused-ring (bicyclic) bond motifs is 1. The van der Waals surface area contributed by atoms with Crippen LogP contribution in [0.15, 0.2) is 60.7 Å². The Hall–Kier alpha value is -4.62. The molecule has 2 fully saturated rings. The molecule has 1 atom stereocenters. The van der Waals surface area contributed by atoms with Crippen molar-refractivity contribution in [2.75, 3.05) is 51.8 Å². The SMILES string of the molecule is COc1cc2c(Oc3ccc(NC(=O)C4(C(=O)NC5C=CC(F)=CC5)CCC4)cc3F)ncnc2cc1OCCCN1CCNCC1. The number of carbonyl (C=O) groups excluding carboxylic acids is 2. The first kappa shape index (κ1) is 32.3. The van der Waals surface area contributed by atoms with Gasteiger partial charge in [-0.1, -0.05) is 12.5 Å². The van der Waals surface area contributed by atoms with Gasteiger partial charge in [-0.15, -0.1) is 0 Å². The lowest BCUT2D eigenvalue weighted by Crippen LogP contribution is -2.55. The van der Waals surface area contributed by atoms with Crippen LogP contribution in [0.5, 0.6) is 23.1 Å². The zero-order valence-corrected chi connectivity index (χ0v) is 26.2. The van der Waals surface area contributed by atoms with Crippen LogP contribution in [0.1, 0.15) is 32.1 Å². The average Bonchev–Trinajstić information content (AvgIpc) is 3.05. The van der Waals surface area contributed by atoms with Crippen molar-refractivity contribution in [3.05, 3.63) is 66.5 Å². The highest BCUT2D eigenvalue weighted by atomic mass is 19.1. The Kier molecular flexibility index (Phi) is 9.92. The van der Waals surface area contributed by atoms with E-state index in [9.17, 15) is 14.0 Å². The first-order chi connectivity index (χ1) is 22.8. The predicted molar refractivity (Wildman–Crippen MR) is 172 cm³/mol. The molecule has 6 rings (SSSR count). The number of halogens is 2. The zero-order chi connectivity index (χ0) is 32.8. The van der Waals surface area contributed by atoms with Crippen molar-refractivity contribution in [1.29, 1.82) is 0 Å². The fourth-order valence-electron chi connectivity index (χ4n) is 5.91. The summed E-state index contributed by atoms with van der Waals surface area (Å²) in [6, 6.07) is 7.05. The van der Waals surface area contributed by atoms with Crippen LogP contribution in [0, 0.1) is 11.2 Å². The number of aromatic nitrogens is 2. The molecule has 47 heavy (non-hydrogen) atoms. The van der Waals surface area contributed by atoms with E-state index in [1.54, 1.807) is 18.2 Å². The van der Waals surface area contributed by atoms with Crippen LogP contribution >= 0.6 is 0 Å². The molecule has 1 saturated heterocycles. The summed E-state index contributed by atoms with van der Waals surface area (Å²) >= 11 is 0. The second kappa shape index (κ2) is 14.4. The lowest BCUT2D eigenvalue weighted by atomic mass is 9.67. The number of piperazine rings is 1. The van der Waals surface area contributed by atoms with E-state index in [1.807, 2.05) is 0 Å².